The monoisotopic (exact) mass is 187 g/mol. The van der Waals surface area contributed by atoms with E-state index in [-0.39, 0.29) is 0 Å². The van der Waals surface area contributed by atoms with Crippen LogP contribution in [0.1, 0.15) is 26.7 Å². The maximum absolute atomic E-state index is 5.63. The van der Waals surface area contributed by atoms with E-state index in [9.17, 15) is 0 Å². The SMILES string of the molecule is CCCN=C(N)NC(C)CCOC. The Hall–Kier alpha value is -0.770. The number of guanidine groups is 1. The van der Waals surface area contributed by atoms with E-state index in [0.29, 0.717) is 12.0 Å². The lowest BCUT2D eigenvalue weighted by Gasteiger charge is -2.13. The molecule has 0 heterocycles. The van der Waals surface area contributed by atoms with Gasteiger partial charge in [-0.1, -0.05) is 6.92 Å². The molecule has 1 unspecified atom stereocenters. The van der Waals surface area contributed by atoms with Crippen LogP contribution in [0.4, 0.5) is 0 Å². The molecule has 0 aliphatic heterocycles. The second kappa shape index (κ2) is 7.86. The van der Waals surface area contributed by atoms with Gasteiger partial charge in [-0.15, -0.1) is 0 Å². The van der Waals surface area contributed by atoms with Gasteiger partial charge in [-0.25, -0.2) is 0 Å². The molecule has 3 N–H and O–H groups in total. The number of nitrogens with two attached hydrogens (primary N) is 1. The molecule has 0 aromatic rings. The van der Waals surface area contributed by atoms with Crippen LogP contribution in [0.5, 0.6) is 0 Å². The highest BCUT2D eigenvalue weighted by atomic mass is 16.5. The molecule has 0 spiro atoms. The summed E-state index contributed by atoms with van der Waals surface area (Å²) in [5, 5.41) is 3.10. The summed E-state index contributed by atoms with van der Waals surface area (Å²) >= 11 is 0. The third kappa shape index (κ3) is 7.59. The van der Waals surface area contributed by atoms with Gasteiger partial charge in [0.15, 0.2) is 5.96 Å². The van der Waals surface area contributed by atoms with Gasteiger partial charge in [0, 0.05) is 26.3 Å². The number of nitrogens with zero attached hydrogens (tertiary/aromatic N) is 1. The summed E-state index contributed by atoms with van der Waals surface area (Å²) in [5.74, 6) is 0.533. The molecule has 0 rings (SSSR count). The van der Waals surface area contributed by atoms with Crippen molar-refractivity contribution in [3.05, 3.63) is 0 Å². The molecule has 0 saturated carbocycles. The molecule has 4 nitrogen and oxygen atoms in total. The quantitative estimate of drug-likeness (QED) is 0.476. The molecule has 0 aromatic carbocycles. The highest BCUT2D eigenvalue weighted by molar-refractivity contribution is 5.78. The molecular formula is C9H21N3O. The Bertz CT molecular complexity index is 148. The second-order valence-electron chi connectivity index (χ2n) is 3.09. The van der Waals surface area contributed by atoms with Crippen molar-refractivity contribution in [1.29, 1.82) is 0 Å². The van der Waals surface area contributed by atoms with Crippen molar-refractivity contribution in [2.45, 2.75) is 32.7 Å². The molecule has 0 saturated heterocycles. The predicted octanol–water partition coefficient (Wildman–Crippen LogP) is 0.726. The van der Waals surface area contributed by atoms with E-state index in [1.807, 2.05) is 0 Å². The first-order valence-electron chi connectivity index (χ1n) is 4.76. The standard InChI is InChI=1S/C9H21N3O/c1-4-6-11-9(10)12-8(2)5-7-13-3/h8H,4-7H2,1-3H3,(H3,10,11,12). The lowest BCUT2D eigenvalue weighted by atomic mass is 10.2. The van der Waals surface area contributed by atoms with Crippen LogP contribution >= 0.6 is 0 Å². The van der Waals surface area contributed by atoms with Crippen LogP contribution in [0.25, 0.3) is 0 Å². The first-order valence-corrected chi connectivity index (χ1v) is 4.76. The van der Waals surface area contributed by atoms with E-state index in [4.69, 9.17) is 10.5 Å². The summed E-state index contributed by atoms with van der Waals surface area (Å²) < 4.78 is 4.95. The number of rotatable bonds is 6. The smallest absolute Gasteiger partial charge is 0.188 e. The van der Waals surface area contributed by atoms with Crippen LogP contribution < -0.4 is 11.1 Å². The van der Waals surface area contributed by atoms with E-state index in [0.717, 1.165) is 26.0 Å². The molecule has 0 aliphatic rings. The fourth-order valence-corrected chi connectivity index (χ4v) is 0.897. The number of ether oxygens (including phenoxy) is 1. The topological polar surface area (TPSA) is 59.6 Å². The molecule has 1 atom stereocenters. The van der Waals surface area contributed by atoms with Crippen LogP contribution in [0.2, 0.25) is 0 Å². The van der Waals surface area contributed by atoms with Crippen LogP contribution in [-0.4, -0.2) is 32.3 Å². The summed E-state index contributed by atoms with van der Waals surface area (Å²) in [4.78, 5) is 4.13. The maximum atomic E-state index is 5.63. The van der Waals surface area contributed by atoms with Crippen molar-refractivity contribution >= 4 is 5.96 Å². The average molecular weight is 187 g/mol. The fourth-order valence-electron chi connectivity index (χ4n) is 0.897. The molecule has 0 aliphatic carbocycles. The fraction of sp³-hybridized carbons (Fsp3) is 0.889. The van der Waals surface area contributed by atoms with Gasteiger partial charge < -0.3 is 15.8 Å². The first-order chi connectivity index (χ1) is 6.20. The minimum atomic E-state index is 0.320. The molecule has 78 valence electrons. The summed E-state index contributed by atoms with van der Waals surface area (Å²) in [7, 11) is 1.70. The Morgan fingerprint density at radius 3 is 2.85 bits per heavy atom. The highest BCUT2D eigenvalue weighted by Crippen LogP contribution is 1.89. The van der Waals surface area contributed by atoms with E-state index in [1.54, 1.807) is 7.11 Å². The summed E-state index contributed by atoms with van der Waals surface area (Å²) in [6, 6.07) is 0.320. The van der Waals surface area contributed by atoms with E-state index < -0.39 is 0 Å². The third-order valence-corrected chi connectivity index (χ3v) is 1.66. The third-order valence-electron chi connectivity index (χ3n) is 1.66. The van der Waals surface area contributed by atoms with E-state index in [1.165, 1.54) is 0 Å². The van der Waals surface area contributed by atoms with Crippen LogP contribution in [-0.2, 0) is 4.74 Å². The normalized spacial score (nSPS) is 14.2. The Morgan fingerprint density at radius 2 is 2.31 bits per heavy atom. The van der Waals surface area contributed by atoms with Gasteiger partial charge >= 0.3 is 0 Å². The Labute approximate surface area is 80.6 Å². The highest BCUT2D eigenvalue weighted by Gasteiger charge is 2.00. The minimum Gasteiger partial charge on any atom is -0.385 e. The molecule has 0 fully saturated rings. The van der Waals surface area contributed by atoms with Crippen molar-refractivity contribution < 1.29 is 4.74 Å². The Kier molecular flexibility index (Phi) is 7.39. The Balaban J connectivity index is 3.57. The molecule has 13 heavy (non-hydrogen) atoms. The lowest BCUT2D eigenvalue weighted by molar-refractivity contribution is 0.187. The lowest BCUT2D eigenvalue weighted by Crippen LogP contribution is -2.39. The van der Waals surface area contributed by atoms with Crippen molar-refractivity contribution in [2.24, 2.45) is 10.7 Å². The number of hydrogen-bond acceptors (Lipinski definition) is 2. The van der Waals surface area contributed by atoms with E-state index >= 15 is 0 Å². The van der Waals surface area contributed by atoms with Crippen LogP contribution in [0.3, 0.4) is 0 Å². The summed E-state index contributed by atoms with van der Waals surface area (Å²) in [5.41, 5.74) is 5.63. The van der Waals surface area contributed by atoms with Crippen molar-refractivity contribution in [2.75, 3.05) is 20.3 Å². The predicted molar refractivity (Wildman–Crippen MR) is 55.9 cm³/mol. The van der Waals surface area contributed by atoms with Gasteiger partial charge in [0.1, 0.15) is 0 Å². The average Bonchev–Trinajstić information content (AvgIpc) is 2.11. The zero-order chi connectivity index (χ0) is 10.1. The minimum absolute atomic E-state index is 0.320. The van der Waals surface area contributed by atoms with Gasteiger partial charge in [-0.3, -0.25) is 4.99 Å². The molecule has 0 radical (unpaired) electrons. The molecular weight excluding hydrogens is 166 g/mol. The largest absolute Gasteiger partial charge is 0.385 e. The summed E-state index contributed by atoms with van der Waals surface area (Å²) in [6.45, 7) is 5.67. The van der Waals surface area contributed by atoms with Gasteiger partial charge in [-0.2, -0.15) is 0 Å². The van der Waals surface area contributed by atoms with Crippen LogP contribution in [0.15, 0.2) is 4.99 Å². The maximum Gasteiger partial charge on any atom is 0.188 e. The van der Waals surface area contributed by atoms with Gasteiger partial charge in [-0.05, 0) is 19.8 Å². The number of hydrogen-bond donors (Lipinski definition) is 2. The molecule has 4 heteroatoms. The number of nitrogens with one attached hydrogen (secondary N) is 1. The zero-order valence-electron chi connectivity index (χ0n) is 8.84. The number of methoxy groups -OCH3 is 1. The first kappa shape index (κ1) is 12.2. The van der Waals surface area contributed by atoms with Gasteiger partial charge in [0.25, 0.3) is 0 Å². The Morgan fingerprint density at radius 1 is 1.62 bits per heavy atom. The summed E-state index contributed by atoms with van der Waals surface area (Å²) in [6.07, 6.45) is 1.97. The number of aliphatic imine (C=N–C) groups is 1. The van der Waals surface area contributed by atoms with Gasteiger partial charge in [0.05, 0.1) is 0 Å². The van der Waals surface area contributed by atoms with Gasteiger partial charge in [0.2, 0.25) is 0 Å². The second-order valence-corrected chi connectivity index (χ2v) is 3.09. The molecule has 0 bridgehead atoms. The van der Waals surface area contributed by atoms with Crippen molar-refractivity contribution in [1.82, 2.24) is 5.32 Å². The zero-order valence-corrected chi connectivity index (χ0v) is 8.84. The van der Waals surface area contributed by atoms with E-state index in [2.05, 4.69) is 24.2 Å². The molecule has 0 amide bonds. The van der Waals surface area contributed by atoms with Crippen LogP contribution in [0, 0.1) is 0 Å². The van der Waals surface area contributed by atoms with Crippen molar-refractivity contribution in [3.63, 3.8) is 0 Å². The molecule has 0 aromatic heterocycles. The van der Waals surface area contributed by atoms with Crippen molar-refractivity contribution in [3.8, 4) is 0 Å².